The third kappa shape index (κ3) is 4.97. The molecule has 3 rings (SSSR count). The van der Waals surface area contributed by atoms with Crippen LogP contribution < -0.4 is 25.0 Å². The Morgan fingerprint density at radius 2 is 1.88 bits per heavy atom. The number of rotatable bonds is 7. The topological polar surface area (TPSA) is 98.2 Å². The van der Waals surface area contributed by atoms with Crippen LogP contribution in [0.25, 0.3) is 0 Å². The average Bonchev–Trinajstić information content (AvgIpc) is 3.13. The number of nitrogens with zero attached hydrogens (tertiary/aromatic N) is 1. The number of hydrogen-bond acceptors (Lipinski definition) is 6. The Morgan fingerprint density at radius 1 is 1.08 bits per heavy atom. The molecule has 0 unspecified atom stereocenters. The summed E-state index contributed by atoms with van der Waals surface area (Å²) in [6, 6.07) is 14.2. The van der Waals surface area contributed by atoms with Crippen molar-refractivity contribution >= 4 is 18.0 Å². The number of hydrogen-bond donors (Lipinski definition) is 2. The van der Waals surface area contributed by atoms with E-state index in [0.717, 1.165) is 5.56 Å². The van der Waals surface area contributed by atoms with Crippen LogP contribution in [-0.2, 0) is 9.59 Å². The number of benzene rings is 2. The van der Waals surface area contributed by atoms with Crippen molar-refractivity contribution < 1.29 is 23.8 Å². The van der Waals surface area contributed by atoms with Crippen molar-refractivity contribution in [3.8, 4) is 17.2 Å². The van der Waals surface area contributed by atoms with Crippen LogP contribution in [0.4, 0.5) is 0 Å². The number of carbonyl (C=O) groups excluding carboxylic acids is 2. The molecule has 1 aliphatic rings. The smallest absolute Gasteiger partial charge is 0.259 e. The first-order valence-electron chi connectivity index (χ1n) is 7.87. The quantitative estimate of drug-likeness (QED) is 0.572. The maximum absolute atomic E-state index is 11.7. The maximum Gasteiger partial charge on any atom is 0.259 e. The molecular formula is C18H17N3O5. The second-order valence-electron chi connectivity index (χ2n) is 5.28. The first-order valence-corrected chi connectivity index (χ1v) is 7.87. The molecule has 2 amide bonds. The monoisotopic (exact) mass is 355 g/mol. The molecule has 0 radical (unpaired) electrons. The van der Waals surface area contributed by atoms with Gasteiger partial charge in [-0.05, 0) is 35.9 Å². The van der Waals surface area contributed by atoms with Crippen LogP contribution in [0.15, 0.2) is 53.6 Å². The number of amides is 2. The summed E-state index contributed by atoms with van der Waals surface area (Å²) >= 11 is 0. The van der Waals surface area contributed by atoms with E-state index < -0.39 is 11.8 Å². The third-order valence-corrected chi connectivity index (χ3v) is 3.36. The number of nitrogens with one attached hydrogen (secondary N) is 2. The summed E-state index contributed by atoms with van der Waals surface area (Å²) in [6.45, 7) is -0.173. The molecule has 26 heavy (non-hydrogen) atoms. The molecule has 1 aliphatic heterocycles. The SMILES string of the molecule is O=C(COc1ccccc1)NCC(=O)N/N=C\c1ccc2c(c1)OCO2. The predicted octanol–water partition coefficient (Wildman–Crippen LogP) is 1.06. The highest BCUT2D eigenvalue weighted by Gasteiger charge is 2.12. The van der Waals surface area contributed by atoms with Crippen molar-refractivity contribution in [2.75, 3.05) is 19.9 Å². The number of para-hydroxylation sites is 1. The first kappa shape index (κ1) is 17.3. The Labute approximate surface area is 149 Å². The number of ether oxygens (including phenoxy) is 3. The molecule has 0 aliphatic carbocycles. The fourth-order valence-corrected chi connectivity index (χ4v) is 2.11. The summed E-state index contributed by atoms with van der Waals surface area (Å²) in [5.41, 5.74) is 3.08. The van der Waals surface area contributed by atoms with Gasteiger partial charge in [0.25, 0.3) is 11.8 Å². The minimum Gasteiger partial charge on any atom is -0.484 e. The predicted molar refractivity (Wildman–Crippen MR) is 93.2 cm³/mol. The van der Waals surface area contributed by atoms with Crippen molar-refractivity contribution in [2.45, 2.75) is 0 Å². The van der Waals surface area contributed by atoms with Crippen LogP contribution in [0.5, 0.6) is 17.2 Å². The zero-order valence-corrected chi connectivity index (χ0v) is 13.8. The molecule has 0 saturated heterocycles. The van der Waals surface area contributed by atoms with E-state index in [1.165, 1.54) is 6.21 Å². The highest BCUT2D eigenvalue weighted by molar-refractivity contribution is 5.87. The Balaban J connectivity index is 1.36. The van der Waals surface area contributed by atoms with Gasteiger partial charge in [0.15, 0.2) is 18.1 Å². The van der Waals surface area contributed by atoms with E-state index in [1.807, 2.05) is 6.07 Å². The zero-order valence-electron chi connectivity index (χ0n) is 13.8. The lowest BCUT2D eigenvalue weighted by molar-refractivity contribution is -0.127. The van der Waals surface area contributed by atoms with Crippen molar-refractivity contribution in [1.29, 1.82) is 0 Å². The van der Waals surface area contributed by atoms with Gasteiger partial charge in [0, 0.05) is 0 Å². The van der Waals surface area contributed by atoms with E-state index in [2.05, 4.69) is 15.8 Å². The average molecular weight is 355 g/mol. The summed E-state index contributed by atoms with van der Waals surface area (Å²) in [6.07, 6.45) is 1.47. The minimum atomic E-state index is -0.449. The van der Waals surface area contributed by atoms with Gasteiger partial charge in [-0.3, -0.25) is 9.59 Å². The van der Waals surface area contributed by atoms with Crippen LogP contribution in [0.3, 0.4) is 0 Å². The third-order valence-electron chi connectivity index (χ3n) is 3.36. The van der Waals surface area contributed by atoms with E-state index in [0.29, 0.717) is 17.2 Å². The molecule has 0 atom stereocenters. The van der Waals surface area contributed by atoms with Gasteiger partial charge in [-0.2, -0.15) is 5.10 Å². The summed E-state index contributed by atoms with van der Waals surface area (Å²) in [4.78, 5) is 23.3. The molecule has 2 aromatic rings. The summed E-state index contributed by atoms with van der Waals surface area (Å²) in [7, 11) is 0. The zero-order chi connectivity index (χ0) is 18.2. The molecule has 2 N–H and O–H groups in total. The minimum absolute atomic E-state index is 0.169. The molecule has 0 fully saturated rings. The fraction of sp³-hybridized carbons (Fsp3) is 0.167. The maximum atomic E-state index is 11.7. The molecule has 0 bridgehead atoms. The summed E-state index contributed by atoms with van der Waals surface area (Å²) in [5, 5.41) is 6.28. The summed E-state index contributed by atoms with van der Waals surface area (Å²) in [5.74, 6) is 1.04. The molecule has 0 saturated carbocycles. The molecule has 1 heterocycles. The molecule has 2 aromatic carbocycles. The van der Waals surface area contributed by atoms with Crippen molar-refractivity contribution in [2.24, 2.45) is 5.10 Å². The second-order valence-corrected chi connectivity index (χ2v) is 5.28. The molecule has 8 heteroatoms. The molecule has 134 valence electrons. The van der Waals surface area contributed by atoms with E-state index in [1.54, 1.807) is 42.5 Å². The van der Waals surface area contributed by atoms with E-state index in [-0.39, 0.29) is 19.9 Å². The van der Waals surface area contributed by atoms with Crippen LogP contribution in [0.1, 0.15) is 5.56 Å². The van der Waals surface area contributed by atoms with Gasteiger partial charge in [-0.1, -0.05) is 18.2 Å². The van der Waals surface area contributed by atoms with Crippen LogP contribution in [0.2, 0.25) is 0 Å². The van der Waals surface area contributed by atoms with Gasteiger partial charge < -0.3 is 19.5 Å². The van der Waals surface area contributed by atoms with Gasteiger partial charge in [0.2, 0.25) is 6.79 Å². The lowest BCUT2D eigenvalue weighted by Gasteiger charge is -2.06. The molecule has 0 spiro atoms. The Morgan fingerprint density at radius 3 is 2.73 bits per heavy atom. The van der Waals surface area contributed by atoms with E-state index in [4.69, 9.17) is 14.2 Å². The summed E-state index contributed by atoms with van der Waals surface area (Å²) < 4.78 is 15.7. The lowest BCUT2D eigenvalue weighted by atomic mass is 10.2. The molecular weight excluding hydrogens is 338 g/mol. The van der Waals surface area contributed by atoms with Gasteiger partial charge in [-0.25, -0.2) is 5.43 Å². The van der Waals surface area contributed by atoms with Crippen molar-refractivity contribution in [1.82, 2.24) is 10.7 Å². The van der Waals surface area contributed by atoms with Crippen molar-refractivity contribution in [3.05, 3.63) is 54.1 Å². The highest BCUT2D eigenvalue weighted by Crippen LogP contribution is 2.31. The van der Waals surface area contributed by atoms with Gasteiger partial charge in [0.1, 0.15) is 5.75 Å². The Kier molecular flexibility index (Phi) is 5.66. The van der Waals surface area contributed by atoms with Gasteiger partial charge >= 0.3 is 0 Å². The normalized spacial score (nSPS) is 12.0. The lowest BCUT2D eigenvalue weighted by Crippen LogP contribution is -2.37. The Bertz CT molecular complexity index is 808. The van der Waals surface area contributed by atoms with Crippen LogP contribution in [-0.4, -0.2) is 38.0 Å². The number of hydrazone groups is 1. The van der Waals surface area contributed by atoms with E-state index >= 15 is 0 Å². The van der Waals surface area contributed by atoms with Gasteiger partial charge in [-0.15, -0.1) is 0 Å². The standard InChI is InChI=1S/C18H17N3O5/c22-17(10-19-18(23)11-24-14-4-2-1-3-5-14)21-20-9-13-6-7-15-16(8-13)26-12-25-15/h1-9H,10-12H2,(H,19,23)(H,21,22)/b20-9-. The second kappa shape index (κ2) is 8.52. The highest BCUT2D eigenvalue weighted by atomic mass is 16.7. The first-order chi connectivity index (χ1) is 12.7. The van der Waals surface area contributed by atoms with Crippen LogP contribution in [0, 0.1) is 0 Å². The largest absolute Gasteiger partial charge is 0.484 e. The number of carbonyl (C=O) groups is 2. The van der Waals surface area contributed by atoms with Crippen LogP contribution >= 0.6 is 0 Å². The fourth-order valence-electron chi connectivity index (χ4n) is 2.11. The van der Waals surface area contributed by atoms with E-state index in [9.17, 15) is 9.59 Å². The molecule has 0 aromatic heterocycles. The van der Waals surface area contributed by atoms with Crippen molar-refractivity contribution in [3.63, 3.8) is 0 Å². The van der Waals surface area contributed by atoms with Gasteiger partial charge in [0.05, 0.1) is 12.8 Å². The Hall–Kier alpha value is -3.55. The molecule has 8 nitrogen and oxygen atoms in total. The number of fused-ring (bicyclic) bond motifs is 1.